The highest BCUT2D eigenvalue weighted by molar-refractivity contribution is 6.00. The molecule has 0 radical (unpaired) electrons. The van der Waals surface area contributed by atoms with Crippen molar-refractivity contribution in [3.8, 4) is 5.75 Å². The zero-order chi connectivity index (χ0) is 18.8. The topological polar surface area (TPSA) is 60.6 Å². The Morgan fingerprint density at radius 1 is 1.04 bits per heavy atom. The van der Waals surface area contributed by atoms with Crippen LogP contribution in [0.4, 0.5) is 0 Å². The second-order valence-corrected chi connectivity index (χ2v) is 6.40. The number of benzene rings is 1. The predicted octanol–water partition coefficient (Wildman–Crippen LogP) is 3.72. The van der Waals surface area contributed by atoms with E-state index in [4.69, 9.17) is 4.74 Å². The molecule has 0 aliphatic carbocycles. The normalized spacial score (nSPS) is 10.9. The molecule has 3 aromatic heterocycles. The smallest absolute Gasteiger partial charge is 0.270 e. The maximum atomic E-state index is 12.4. The average molecular weight is 360 g/mol. The Hall–Kier alpha value is -3.54. The third-order valence-electron chi connectivity index (χ3n) is 4.40. The largest absolute Gasteiger partial charge is 0.487 e. The molecule has 4 rings (SSSR count). The van der Waals surface area contributed by atoms with Gasteiger partial charge in [0.1, 0.15) is 18.0 Å². The van der Waals surface area contributed by atoms with Gasteiger partial charge < -0.3 is 9.14 Å². The van der Waals surface area contributed by atoms with Crippen LogP contribution >= 0.6 is 0 Å². The highest BCUT2D eigenvalue weighted by Crippen LogP contribution is 2.15. The van der Waals surface area contributed by atoms with Gasteiger partial charge in [-0.25, -0.2) is 4.98 Å². The summed E-state index contributed by atoms with van der Waals surface area (Å²) >= 11 is 0. The third-order valence-corrected chi connectivity index (χ3v) is 4.40. The minimum atomic E-state index is -0.163. The number of nitrogens with zero attached hydrogens (tertiary/aromatic N) is 3. The minimum Gasteiger partial charge on any atom is -0.487 e. The molecule has 0 saturated heterocycles. The van der Waals surface area contributed by atoms with E-state index in [0.29, 0.717) is 17.9 Å². The van der Waals surface area contributed by atoms with Crippen LogP contribution in [0, 0.1) is 13.8 Å². The quantitative estimate of drug-likeness (QED) is 0.590. The first-order valence-corrected chi connectivity index (χ1v) is 8.72. The number of pyridine rings is 1. The Bertz CT molecular complexity index is 1040. The second kappa shape index (κ2) is 6.99. The van der Waals surface area contributed by atoms with Crippen LogP contribution in [0.15, 0.2) is 67.0 Å². The van der Waals surface area contributed by atoms with Crippen LogP contribution in [0.5, 0.6) is 5.75 Å². The lowest BCUT2D eigenvalue weighted by Crippen LogP contribution is -2.24. The summed E-state index contributed by atoms with van der Waals surface area (Å²) in [5.74, 6) is 0.529. The van der Waals surface area contributed by atoms with Gasteiger partial charge in [0, 0.05) is 29.3 Å². The van der Waals surface area contributed by atoms with Crippen molar-refractivity contribution in [2.75, 3.05) is 5.43 Å². The van der Waals surface area contributed by atoms with Gasteiger partial charge >= 0.3 is 0 Å². The van der Waals surface area contributed by atoms with E-state index in [1.165, 1.54) is 0 Å². The van der Waals surface area contributed by atoms with Gasteiger partial charge in [0.15, 0.2) is 0 Å². The number of ether oxygens (including phenoxy) is 1. The second-order valence-electron chi connectivity index (χ2n) is 6.40. The molecule has 0 spiro atoms. The van der Waals surface area contributed by atoms with Crippen molar-refractivity contribution in [2.45, 2.75) is 20.5 Å². The molecule has 0 bridgehead atoms. The fourth-order valence-electron chi connectivity index (χ4n) is 2.93. The molecule has 0 fully saturated rings. The number of hydrogen-bond acceptors (Lipinski definition) is 3. The number of rotatable bonds is 5. The van der Waals surface area contributed by atoms with E-state index in [1.807, 2.05) is 61.0 Å². The molecular weight excluding hydrogens is 340 g/mol. The zero-order valence-electron chi connectivity index (χ0n) is 15.2. The Balaban J connectivity index is 1.40. The first-order valence-electron chi connectivity index (χ1n) is 8.72. The molecule has 0 aliphatic rings. The maximum absolute atomic E-state index is 12.4. The van der Waals surface area contributed by atoms with Crippen LogP contribution in [0.1, 0.15) is 27.4 Å². The lowest BCUT2D eigenvalue weighted by molar-refractivity contribution is 0.101. The Morgan fingerprint density at radius 2 is 1.78 bits per heavy atom. The summed E-state index contributed by atoms with van der Waals surface area (Å²) in [6, 6.07) is 16.9. The van der Waals surface area contributed by atoms with E-state index in [-0.39, 0.29) is 5.91 Å². The van der Waals surface area contributed by atoms with Crippen LogP contribution in [-0.2, 0) is 6.61 Å². The van der Waals surface area contributed by atoms with Gasteiger partial charge in [-0.3, -0.25) is 14.9 Å². The number of fused-ring (bicyclic) bond motifs is 1. The first-order chi connectivity index (χ1) is 13.1. The van der Waals surface area contributed by atoms with E-state index in [2.05, 4.69) is 10.4 Å². The number of carbonyl (C=O) groups excluding carboxylic acids is 1. The summed E-state index contributed by atoms with van der Waals surface area (Å²) in [4.78, 5) is 16.9. The van der Waals surface area contributed by atoms with Crippen LogP contribution in [0.2, 0.25) is 0 Å². The fraction of sp³-hybridized carbons (Fsp3) is 0.143. The number of aromatic nitrogens is 3. The van der Waals surface area contributed by atoms with Crippen LogP contribution in [0.3, 0.4) is 0 Å². The summed E-state index contributed by atoms with van der Waals surface area (Å²) < 4.78 is 9.52. The number of carbonyl (C=O) groups is 1. The maximum Gasteiger partial charge on any atom is 0.270 e. The summed E-state index contributed by atoms with van der Waals surface area (Å²) in [7, 11) is 0. The molecule has 0 saturated carbocycles. The summed E-state index contributed by atoms with van der Waals surface area (Å²) in [6.07, 6.45) is 3.90. The van der Waals surface area contributed by atoms with Crippen molar-refractivity contribution < 1.29 is 9.53 Å². The molecule has 3 heterocycles. The van der Waals surface area contributed by atoms with Crippen LogP contribution in [-0.4, -0.2) is 20.0 Å². The summed E-state index contributed by atoms with van der Waals surface area (Å²) in [5.41, 5.74) is 7.16. The van der Waals surface area contributed by atoms with Crippen LogP contribution in [0.25, 0.3) is 5.65 Å². The standard InChI is InChI=1S/C21H20N4O2/c1-15-6-7-16(2)25(15)23-21(26)17-8-10-19(11-9-17)27-14-18-13-24-12-4-3-5-20(24)22-18/h3-13H,14H2,1-2H3,(H,23,26). The number of imidazole rings is 1. The SMILES string of the molecule is Cc1ccc(C)n1NC(=O)c1ccc(OCc2cn3ccccc3n2)cc1. The molecular formula is C21H20N4O2. The van der Waals surface area contributed by atoms with Gasteiger partial charge in [0.25, 0.3) is 5.91 Å². The lowest BCUT2D eigenvalue weighted by Gasteiger charge is -2.11. The number of nitrogens with one attached hydrogen (secondary N) is 1. The Morgan fingerprint density at radius 3 is 2.48 bits per heavy atom. The molecule has 6 heteroatoms. The van der Waals surface area contributed by atoms with Gasteiger partial charge in [-0.2, -0.15) is 0 Å². The number of hydrogen-bond donors (Lipinski definition) is 1. The number of aryl methyl sites for hydroxylation is 2. The van der Waals surface area contributed by atoms with E-state index in [1.54, 1.807) is 28.9 Å². The van der Waals surface area contributed by atoms with Gasteiger partial charge in [-0.15, -0.1) is 0 Å². The van der Waals surface area contributed by atoms with Crippen molar-refractivity contribution in [1.29, 1.82) is 0 Å². The molecule has 6 nitrogen and oxygen atoms in total. The molecule has 1 amide bonds. The van der Waals surface area contributed by atoms with Gasteiger partial charge in [-0.1, -0.05) is 6.07 Å². The minimum absolute atomic E-state index is 0.163. The van der Waals surface area contributed by atoms with Crippen molar-refractivity contribution in [1.82, 2.24) is 14.1 Å². The third kappa shape index (κ3) is 3.55. The Labute approximate surface area is 157 Å². The van der Waals surface area contributed by atoms with Gasteiger partial charge in [-0.05, 0) is 62.4 Å². The van der Waals surface area contributed by atoms with Crippen molar-refractivity contribution in [3.63, 3.8) is 0 Å². The van der Waals surface area contributed by atoms with Gasteiger partial charge in [0.2, 0.25) is 0 Å². The summed E-state index contributed by atoms with van der Waals surface area (Å²) in [6.45, 7) is 4.27. The van der Waals surface area contributed by atoms with E-state index in [0.717, 1.165) is 22.7 Å². The molecule has 0 atom stereocenters. The first kappa shape index (κ1) is 16.9. The van der Waals surface area contributed by atoms with Crippen molar-refractivity contribution >= 4 is 11.6 Å². The van der Waals surface area contributed by atoms with Crippen molar-refractivity contribution in [2.24, 2.45) is 0 Å². The summed E-state index contributed by atoms with van der Waals surface area (Å²) in [5, 5.41) is 0. The molecule has 27 heavy (non-hydrogen) atoms. The lowest BCUT2D eigenvalue weighted by atomic mass is 10.2. The molecule has 1 N–H and O–H groups in total. The number of amides is 1. The highest BCUT2D eigenvalue weighted by Gasteiger charge is 2.09. The zero-order valence-corrected chi connectivity index (χ0v) is 15.2. The van der Waals surface area contributed by atoms with E-state index < -0.39 is 0 Å². The predicted molar refractivity (Wildman–Crippen MR) is 104 cm³/mol. The Kier molecular flexibility index (Phi) is 4.38. The van der Waals surface area contributed by atoms with Crippen molar-refractivity contribution in [3.05, 3.63) is 89.6 Å². The molecule has 136 valence electrons. The molecule has 4 aromatic rings. The molecule has 1 aromatic carbocycles. The molecule has 0 aliphatic heterocycles. The average Bonchev–Trinajstić information content (AvgIpc) is 3.24. The van der Waals surface area contributed by atoms with Crippen LogP contribution < -0.4 is 10.2 Å². The monoisotopic (exact) mass is 360 g/mol. The van der Waals surface area contributed by atoms with E-state index in [9.17, 15) is 4.79 Å². The van der Waals surface area contributed by atoms with E-state index >= 15 is 0 Å². The fourth-order valence-corrected chi connectivity index (χ4v) is 2.93. The molecule has 0 unspecified atom stereocenters. The van der Waals surface area contributed by atoms with Gasteiger partial charge in [0.05, 0.1) is 5.69 Å². The highest BCUT2D eigenvalue weighted by atomic mass is 16.5.